The fraction of sp³-hybridized carbons (Fsp3) is 0.143. The molecule has 0 spiro atoms. The zero-order valence-electron chi connectivity index (χ0n) is 19.9. The molecule has 0 amide bonds. The lowest BCUT2D eigenvalue weighted by Gasteiger charge is -2.09. The van der Waals surface area contributed by atoms with Crippen LogP contribution in [0.4, 0.5) is 0 Å². The zero-order chi connectivity index (χ0) is 24.7. The second-order valence-electron chi connectivity index (χ2n) is 8.42. The Hall–Kier alpha value is -4.28. The first kappa shape index (κ1) is 22.5. The Bertz CT molecular complexity index is 1710. The van der Waals surface area contributed by atoms with Crippen LogP contribution in [-0.2, 0) is 0 Å². The van der Waals surface area contributed by atoms with Gasteiger partial charge in [-0.25, -0.2) is 4.98 Å². The lowest BCUT2D eigenvalue weighted by Crippen LogP contribution is -2.20. The predicted molar refractivity (Wildman–Crippen MR) is 142 cm³/mol. The van der Waals surface area contributed by atoms with E-state index in [0.717, 1.165) is 38.0 Å². The Kier molecular flexibility index (Phi) is 5.67. The molecule has 0 atom stereocenters. The van der Waals surface area contributed by atoms with Crippen molar-refractivity contribution in [2.75, 3.05) is 0 Å². The highest BCUT2D eigenvalue weighted by Gasteiger charge is 2.19. The van der Waals surface area contributed by atoms with Crippen molar-refractivity contribution in [1.82, 2.24) is 14.2 Å². The summed E-state index contributed by atoms with van der Waals surface area (Å²) in [5, 5.41) is 15.8. The van der Waals surface area contributed by atoms with E-state index in [1.54, 1.807) is 23.6 Å². The summed E-state index contributed by atoms with van der Waals surface area (Å²) >= 11 is 1.61. The summed E-state index contributed by atoms with van der Waals surface area (Å²) in [5.41, 5.74) is 5.73. The molecule has 2 aromatic carbocycles. The summed E-state index contributed by atoms with van der Waals surface area (Å²) in [6.07, 6.45) is 1.70. The molecule has 5 rings (SSSR count). The standard InChI is InChI=1S/C28H23N5OS/c1-17-14-22(19(3)32(17)28-24(15-29)18(2)20(4)35-28)16-30-33-26(21-10-6-5-7-11-21)31-25-13-9-8-12-23(25)27(33)34/h5-14,16H,1-4H3. The largest absolute Gasteiger partial charge is 0.308 e. The molecule has 0 aliphatic carbocycles. The number of aryl methyl sites for hydroxylation is 2. The predicted octanol–water partition coefficient (Wildman–Crippen LogP) is 5.90. The van der Waals surface area contributed by atoms with Gasteiger partial charge in [-0.1, -0.05) is 42.5 Å². The van der Waals surface area contributed by atoms with Crippen LogP contribution in [0.25, 0.3) is 27.3 Å². The van der Waals surface area contributed by atoms with Gasteiger partial charge in [0.15, 0.2) is 5.82 Å². The molecule has 35 heavy (non-hydrogen) atoms. The number of aromatic nitrogens is 3. The number of hydrogen-bond donors (Lipinski definition) is 0. The summed E-state index contributed by atoms with van der Waals surface area (Å²) in [4.78, 5) is 19.3. The van der Waals surface area contributed by atoms with E-state index in [1.807, 2.05) is 82.3 Å². The van der Waals surface area contributed by atoms with Crippen molar-refractivity contribution in [3.05, 3.63) is 104 Å². The van der Waals surface area contributed by atoms with Gasteiger partial charge in [0.25, 0.3) is 5.56 Å². The maximum Gasteiger partial charge on any atom is 0.282 e. The normalized spacial score (nSPS) is 11.4. The maximum atomic E-state index is 13.4. The lowest BCUT2D eigenvalue weighted by atomic mass is 10.2. The van der Waals surface area contributed by atoms with Crippen LogP contribution in [0, 0.1) is 39.0 Å². The molecule has 3 aromatic heterocycles. The summed E-state index contributed by atoms with van der Waals surface area (Å²) in [6.45, 7) is 8.02. The van der Waals surface area contributed by atoms with E-state index in [-0.39, 0.29) is 5.56 Å². The Morgan fingerprint density at radius 3 is 2.49 bits per heavy atom. The monoisotopic (exact) mass is 477 g/mol. The number of nitriles is 1. The van der Waals surface area contributed by atoms with Gasteiger partial charge in [0.1, 0.15) is 11.1 Å². The van der Waals surface area contributed by atoms with Crippen molar-refractivity contribution >= 4 is 28.5 Å². The van der Waals surface area contributed by atoms with Gasteiger partial charge in [0, 0.05) is 27.4 Å². The molecule has 7 heteroatoms. The molecule has 6 nitrogen and oxygen atoms in total. The number of rotatable bonds is 4. The van der Waals surface area contributed by atoms with Gasteiger partial charge in [0.05, 0.1) is 22.7 Å². The van der Waals surface area contributed by atoms with E-state index in [9.17, 15) is 10.1 Å². The van der Waals surface area contributed by atoms with Gasteiger partial charge in [-0.2, -0.15) is 15.0 Å². The molecule has 0 fully saturated rings. The van der Waals surface area contributed by atoms with Gasteiger partial charge in [-0.3, -0.25) is 4.79 Å². The van der Waals surface area contributed by atoms with Gasteiger partial charge < -0.3 is 4.57 Å². The molecule has 3 heterocycles. The molecular formula is C28H23N5OS. The van der Waals surface area contributed by atoms with Crippen LogP contribution in [0.15, 0.2) is 70.6 Å². The third-order valence-electron chi connectivity index (χ3n) is 6.25. The topological polar surface area (TPSA) is 76.0 Å². The second kappa shape index (κ2) is 8.82. The highest BCUT2D eigenvalue weighted by molar-refractivity contribution is 7.14. The zero-order valence-corrected chi connectivity index (χ0v) is 20.7. The maximum absolute atomic E-state index is 13.4. The molecule has 172 valence electrons. The quantitative estimate of drug-likeness (QED) is 0.302. The number of para-hydroxylation sites is 1. The SMILES string of the molecule is Cc1sc(-n2c(C)cc(C=Nn3c(-c4ccccc4)nc4ccccc4c3=O)c2C)c(C#N)c1C. The minimum atomic E-state index is -0.226. The van der Waals surface area contributed by atoms with Crippen LogP contribution >= 0.6 is 11.3 Å². The lowest BCUT2D eigenvalue weighted by molar-refractivity contribution is 0.829. The Balaban J connectivity index is 1.67. The van der Waals surface area contributed by atoms with Gasteiger partial charge in [-0.05, 0) is 51.5 Å². The van der Waals surface area contributed by atoms with Crippen molar-refractivity contribution in [3.63, 3.8) is 0 Å². The molecule has 5 aromatic rings. The van der Waals surface area contributed by atoms with Crippen molar-refractivity contribution in [2.45, 2.75) is 27.7 Å². The Morgan fingerprint density at radius 1 is 1.03 bits per heavy atom. The first-order chi connectivity index (χ1) is 16.9. The third-order valence-corrected chi connectivity index (χ3v) is 7.44. The third kappa shape index (κ3) is 3.78. The number of hydrogen-bond acceptors (Lipinski definition) is 5. The van der Waals surface area contributed by atoms with E-state index in [0.29, 0.717) is 22.3 Å². The average Bonchev–Trinajstić information content (AvgIpc) is 3.31. The molecule has 0 bridgehead atoms. The smallest absolute Gasteiger partial charge is 0.282 e. The molecule has 0 saturated heterocycles. The van der Waals surface area contributed by atoms with Crippen molar-refractivity contribution in [1.29, 1.82) is 5.26 Å². The number of fused-ring (bicyclic) bond motifs is 1. The first-order valence-electron chi connectivity index (χ1n) is 11.2. The summed E-state index contributed by atoms with van der Waals surface area (Å²) in [6, 6.07) is 21.3. The van der Waals surface area contributed by atoms with Crippen molar-refractivity contribution in [3.8, 4) is 22.5 Å². The highest BCUT2D eigenvalue weighted by Crippen LogP contribution is 2.33. The van der Waals surface area contributed by atoms with Crippen molar-refractivity contribution in [2.24, 2.45) is 5.10 Å². The molecule has 0 aliphatic heterocycles. The molecule has 0 aliphatic rings. The summed E-state index contributed by atoms with van der Waals surface area (Å²) in [5.74, 6) is 0.482. The fourth-order valence-electron chi connectivity index (χ4n) is 4.25. The fourth-order valence-corrected chi connectivity index (χ4v) is 5.47. The van der Waals surface area contributed by atoms with Crippen LogP contribution in [0.5, 0.6) is 0 Å². The van der Waals surface area contributed by atoms with Gasteiger partial charge in [-0.15, -0.1) is 11.3 Å². The summed E-state index contributed by atoms with van der Waals surface area (Å²) in [7, 11) is 0. The molecule has 0 radical (unpaired) electrons. The molecular weight excluding hydrogens is 454 g/mol. The summed E-state index contributed by atoms with van der Waals surface area (Å²) < 4.78 is 3.45. The number of benzene rings is 2. The van der Waals surface area contributed by atoms with E-state index >= 15 is 0 Å². The average molecular weight is 478 g/mol. The highest BCUT2D eigenvalue weighted by atomic mass is 32.1. The Labute approximate surface area is 207 Å². The van der Waals surface area contributed by atoms with E-state index in [4.69, 9.17) is 4.98 Å². The Morgan fingerprint density at radius 2 is 1.74 bits per heavy atom. The van der Waals surface area contributed by atoms with Crippen LogP contribution in [0.3, 0.4) is 0 Å². The first-order valence-corrected chi connectivity index (χ1v) is 12.0. The molecule has 0 saturated carbocycles. The number of nitrogens with zero attached hydrogens (tertiary/aromatic N) is 5. The van der Waals surface area contributed by atoms with Crippen LogP contribution < -0.4 is 5.56 Å². The van der Waals surface area contributed by atoms with Crippen LogP contribution in [0.1, 0.15) is 33.0 Å². The van der Waals surface area contributed by atoms with E-state index in [2.05, 4.69) is 15.7 Å². The van der Waals surface area contributed by atoms with Gasteiger partial charge in [0.2, 0.25) is 0 Å². The van der Waals surface area contributed by atoms with E-state index < -0.39 is 0 Å². The molecule has 0 N–H and O–H groups in total. The minimum Gasteiger partial charge on any atom is -0.308 e. The van der Waals surface area contributed by atoms with Gasteiger partial charge >= 0.3 is 0 Å². The van der Waals surface area contributed by atoms with Crippen LogP contribution in [-0.4, -0.2) is 20.4 Å². The second-order valence-corrected chi connectivity index (χ2v) is 9.62. The van der Waals surface area contributed by atoms with Crippen molar-refractivity contribution < 1.29 is 0 Å². The number of thiophene rings is 1. The minimum absolute atomic E-state index is 0.226. The van der Waals surface area contributed by atoms with E-state index in [1.165, 1.54) is 4.68 Å². The molecule has 0 unspecified atom stereocenters. The van der Waals surface area contributed by atoms with Crippen LogP contribution in [0.2, 0.25) is 0 Å².